The summed E-state index contributed by atoms with van der Waals surface area (Å²) in [5.74, 6) is -0.945. The number of hydrogen-bond acceptors (Lipinski definition) is 5. The lowest BCUT2D eigenvalue weighted by Crippen LogP contribution is -2.34. The molecule has 3 aromatic rings. The highest BCUT2D eigenvalue weighted by molar-refractivity contribution is 5.97. The van der Waals surface area contributed by atoms with Crippen LogP contribution in [0.5, 0.6) is 0 Å². The van der Waals surface area contributed by atoms with Gasteiger partial charge in [0.2, 0.25) is 0 Å². The predicted octanol–water partition coefficient (Wildman–Crippen LogP) is 2.99. The van der Waals surface area contributed by atoms with E-state index in [4.69, 9.17) is 9.47 Å². The molecule has 1 aromatic heterocycles. The number of para-hydroxylation sites is 1. The Morgan fingerprint density at radius 1 is 1.10 bits per heavy atom. The fourth-order valence-corrected chi connectivity index (χ4v) is 3.34. The summed E-state index contributed by atoms with van der Waals surface area (Å²) in [5, 5.41) is 7.33. The second kappa shape index (κ2) is 9.37. The second-order valence-electron chi connectivity index (χ2n) is 7.05. The van der Waals surface area contributed by atoms with Gasteiger partial charge in [-0.15, -0.1) is 0 Å². The molecule has 0 saturated carbocycles. The lowest BCUT2D eigenvalue weighted by atomic mass is 10.1. The Labute approximate surface area is 174 Å². The molecule has 7 nitrogen and oxygen atoms in total. The van der Waals surface area contributed by atoms with E-state index < -0.39 is 5.97 Å². The van der Waals surface area contributed by atoms with E-state index in [0.29, 0.717) is 17.8 Å². The van der Waals surface area contributed by atoms with Crippen LogP contribution in [0.3, 0.4) is 0 Å². The summed E-state index contributed by atoms with van der Waals surface area (Å²) in [6.07, 6.45) is 3.60. The Bertz CT molecular complexity index is 996. The first-order valence-electron chi connectivity index (χ1n) is 9.96. The standard InChI is InChI=1S/C23H23N3O4/c27-21(24-14-19-12-7-13-29-19)16-30-23(28)20-15-26(18-10-5-2-6-11-18)25-22(20)17-8-3-1-4-9-17/h1-6,8-11,15,19H,7,12-14,16H2,(H,24,27)/t19-/m0/s1. The first-order valence-corrected chi connectivity index (χ1v) is 9.96. The van der Waals surface area contributed by atoms with Crippen molar-refractivity contribution in [2.45, 2.75) is 18.9 Å². The number of ether oxygens (including phenoxy) is 2. The zero-order valence-electron chi connectivity index (χ0n) is 16.5. The van der Waals surface area contributed by atoms with Crippen molar-refractivity contribution in [1.29, 1.82) is 0 Å². The van der Waals surface area contributed by atoms with Crippen LogP contribution in [0.2, 0.25) is 0 Å². The molecule has 1 fully saturated rings. The fraction of sp³-hybridized carbons (Fsp3) is 0.261. The molecule has 1 aliphatic rings. The topological polar surface area (TPSA) is 82.5 Å². The normalized spacial score (nSPS) is 15.7. The van der Waals surface area contributed by atoms with Gasteiger partial charge in [-0.1, -0.05) is 48.5 Å². The molecule has 4 rings (SSSR count). The molecule has 0 aliphatic carbocycles. The largest absolute Gasteiger partial charge is 0.452 e. The highest BCUT2D eigenvalue weighted by atomic mass is 16.5. The van der Waals surface area contributed by atoms with Crippen molar-refractivity contribution in [3.63, 3.8) is 0 Å². The van der Waals surface area contributed by atoms with Crippen molar-refractivity contribution in [3.8, 4) is 16.9 Å². The summed E-state index contributed by atoms with van der Waals surface area (Å²) in [7, 11) is 0. The van der Waals surface area contributed by atoms with Crippen molar-refractivity contribution in [2.24, 2.45) is 0 Å². The molecule has 0 spiro atoms. The number of benzene rings is 2. The van der Waals surface area contributed by atoms with E-state index in [9.17, 15) is 9.59 Å². The van der Waals surface area contributed by atoms with Crippen molar-refractivity contribution in [3.05, 3.63) is 72.4 Å². The number of amides is 1. The van der Waals surface area contributed by atoms with Crippen LogP contribution >= 0.6 is 0 Å². The molecule has 1 amide bonds. The Hall–Kier alpha value is -3.45. The van der Waals surface area contributed by atoms with Crippen LogP contribution in [0.1, 0.15) is 23.2 Å². The maximum Gasteiger partial charge on any atom is 0.342 e. The number of esters is 1. The lowest BCUT2D eigenvalue weighted by Gasteiger charge is -2.11. The smallest absolute Gasteiger partial charge is 0.342 e. The number of carbonyl (C=O) groups excluding carboxylic acids is 2. The molecule has 30 heavy (non-hydrogen) atoms. The molecule has 7 heteroatoms. The average molecular weight is 405 g/mol. The molecule has 0 unspecified atom stereocenters. The highest BCUT2D eigenvalue weighted by Gasteiger charge is 2.21. The molecular weight excluding hydrogens is 382 g/mol. The minimum Gasteiger partial charge on any atom is -0.452 e. The van der Waals surface area contributed by atoms with Crippen LogP contribution < -0.4 is 5.32 Å². The summed E-state index contributed by atoms with van der Waals surface area (Å²) >= 11 is 0. The number of hydrogen-bond donors (Lipinski definition) is 1. The SMILES string of the molecule is O=C(COC(=O)c1cn(-c2ccccc2)nc1-c1ccccc1)NC[C@@H]1CCCO1. The van der Waals surface area contributed by atoms with Crippen LogP contribution in [-0.2, 0) is 14.3 Å². The first-order chi connectivity index (χ1) is 14.7. The van der Waals surface area contributed by atoms with Gasteiger partial charge in [-0.2, -0.15) is 5.10 Å². The zero-order chi connectivity index (χ0) is 20.8. The minimum atomic E-state index is -0.594. The quantitative estimate of drug-likeness (QED) is 0.611. The summed E-state index contributed by atoms with van der Waals surface area (Å²) in [6, 6.07) is 18.9. The number of nitrogens with one attached hydrogen (secondary N) is 1. The number of rotatable bonds is 7. The van der Waals surface area contributed by atoms with Gasteiger partial charge in [0.25, 0.3) is 5.91 Å². The van der Waals surface area contributed by atoms with Gasteiger partial charge in [-0.05, 0) is 25.0 Å². The molecule has 154 valence electrons. The van der Waals surface area contributed by atoms with Crippen LogP contribution in [0.25, 0.3) is 16.9 Å². The molecule has 1 N–H and O–H groups in total. The second-order valence-corrected chi connectivity index (χ2v) is 7.05. The van der Waals surface area contributed by atoms with Gasteiger partial charge in [0.05, 0.1) is 11.8 Å². The van der Waals surface area contributed by atoms with Crippen LogP contribution in [-0.4, -0.2) is 47.5 Å². The van der Waals surface area contributed by atoms with E-state index in [1.165, 1.54) is 0 Å². The summed E-state index contributed by atoms with van der Waals surface area (Å²) < 4.78 is 12.4. The number of nitrogens with zero attached hydrogens (tertiary/aromatic N) is 2. The Balaban J connectivity index is 1.48. The van der Waals surface area contributed by atoms with Crippen molar-refractivity contribution >= 4 is 11.9 Å². The molecule has 2 heterocycles. The molecule has 1 saturated heterocycles. The molecule has 1 atom stereocenters. The minimum absolute atomic E-state index is 0.0402. The van der Waals surface area contributed by atoms with Gasteiger partial charge in [-0.25, -0.2) is 9.48 Å². The van der Waals surface area contributed by atoms with Gasteiger partial charge in [0.1, 0.15) is 11.3 Å². The predicted molar refractivity (Wildman–Crippen MR) is 111 cm³/mol. The van der Waals surface area contributed by atoms with Crippen LogP contribution in [0, 0.1) is 0 Å². The van der Waals surface area contributed by atoms with Crippen molar-refractivity contribution in [2.75, 3.05) is 19.8 Å². The summed E-state index contributed by atoms with van der Waals surface area (Å²) in [6.45, 7) is 0.803. The Kier molecular flexibility index (Phi) is 6.20. The fourth-order valence-electron chi connectivity index (χ4n) is 3.34. The van der Waals surface area contributed by atoms with E-state index >= 15 is 0 Å². The zero-order valence-corrected chi connectivity index (χ0v) is 16.5. The van der Waals surface area contributed by atoms with Crippen molar-refractivity contribution in [1.82, 2.24) is 15.1 Å². The van der Waals surface area contributed by atoms with E-state index in [2.05, 4.69) is 10.4 Å². The summed E-state index contributed by atoms with van der Waals surface area (Å²) in [5.41, 5.74) is 2.42. The van der Waals surface area contributed by atoms with Gasteiger partial charge in [0, 0.05) is 24.9 Å². The maximum atomic E-state index is 12.8. The first kappa shape index (κ1) is 19.8. The van der Waals surface area contributed by atoms with Gasteiger partial charge in [-0.3, -0.25) is 4.79 Å². The lowest BCUT2D eigenvalue weighted by molar-refractivity contribution is -0.124. The Morgan fingerprint density at radius 2 is 1.83 bits per heavy atom. The molecule has 0 radical (unpaired) electrons. The van der Waals surface area contributed by atoms with Gasteiger partial charge >= 0.3 is 5.97 Å². The van der Waals surface area contributed by atoms with E-state index in [-0.39, 0.29) is 18.6 Å². The van der Waals surface area contributed by atoms with Crippen LogP contribution in [0.4, 0.5) is 0 Å². The molecule has 0 bridgehead atoms. The molecule has 1 aliphatic heterocycles. The monoisotopic (exact) mass is 405 g/mol. The number of carbonyl (C=O) groups is 2. The number of aromatic nitrogens is 2. The third kappa shape index (κ3) is 4.75. The third-order valence-electron chi connectivity index (χ3n) is 4.89. The van der Waals surface area contributed by atoms with Crippen molar-refractivity contribution < 1.29 is 19.1 Å². The maximum absolute atomic E-state index is 12.8. The molecular formula is C23H23N3O4. The molecule has 2 aromatic carbocycles. The van der Waals surface area contributed by atoms with Crippen LogP contribution in [0.15, 0.2) is 66.9 Å². The van der Waals surface area contributed by atoms with E-state index in [0.717, 1.165) is 30.7 Å². The van der Waals surface area contributed by atoms with E-state index in [1.54, 1.807) is 10.9 Å². The Morgan fingerprint density at radius 3 is 2.53 bits per heavy atom. The van der Waals surface area contributed by atoms with Gasteiger partial charge < -0.3 is 14.8 Å². The van der Waals surface area contributed by atoms with E-state index in [1.807, 2.05) is 60.7 Å². The van der Waals surface area contributed by atoms with Gasteiger partial charge in [0.15, 0.2) is 6.61 Å². The highest BCUT2D eigenvalue weighted by Crippen LogP contribution is 2.24. The summed E-state index contributed by atoms with van der Waals surface area (Å²) in [4.78, 5) is 24.8. The average Bonchev–Trinajstić information content (AvgIpc) is 3.47. The third-order valence-corrected chi connectivity index (χ3v) is 4.89.